The topological polar surface area (TPSA) is 131 Å². The summed E-state index contributed by atoms with van der Waals surface area (Å²) in [5.74, 6) is -2.82. The summed E-state index contributed by atoms with van der Waals surface area (Å²) in [6.07, 6.45) is 0. The maximum Gasteiger partial charge on any atom is 0.338 e. The lowest BCUT2D eigenvalue weighted by Gasteiger charge is -2.29. The SMILES string of the molecule is CCOC(=O)C1=C(COC(=O)CN2C(=O)c3ccccc3C2=O)NC(=O)NC1c1ccc(Cl)cc1. The van der Waals surface area contributed by atoms with Gasteiger partial charge in [0.2, 0.25) is 0 Å². The highest BCUT2D eigenvalue weighted by atomic mass is 35.5. The summed E-state index contributed by atoms with van der Waals surface area (Å²) < 4.78 is 10.4. The van der Waals surface area contributed by atoms with Gasteiger partial charge in [0, 0.05) is 5.02 Å². The van der Waals surface area contributed by atoms with E-state index in [1.54, 1.807) is 43.3 Å². The number of rotatable bonds is 7. The molecule has 4 amide bonds. The molecule has 2 N–H and O–H groups in total. The fraction of sp³-hybridized carbons (Fsp3) is 0.208. The Bertz CT molecular complexity index is 1220. The third-order valence-electron chi connectivity index (χ3n) is 5.40. The number of ether oxygens (including phenoxy) is 2. The molecule has 0 saturated carbocycles. The van der Waals surface area contributed by atoms with E-state index in [1.807, 2.05) is 0 Å². The Labute approximate surface area is 204 Å². The van der Waals surface area contributed by atoms with Crippen molar-refractivity contribution in [1.82, 2.24) is 15.5 Å². The van der Waals surface area contributed by atoms with E-state index in [1.165, 1.54) is 12.1 Å². The molecular weight excluding hydrogens is 478 g/mol. The lowest BCUT2D eigenvalue weighted by molar-refractivity contribution is -0.144. The molecule has 2 aliphatic rings. The van der Waals surface area contributed by atoms with Crippen LogP contribution >= 0.6 is 11.6 Å². The van der Waals surface area contributed by atoms with Crippen molar-refractivity contribution in [2.24, 2.45) is 0 Å². The predicted octanol–water partition coefficient (Wildman–Crippen LogP) is 2.35. The first kappa shape index (κ1) is 24.0. The number of imide groups is 1. The van der Waals surface area contributed by atoms with Crippen LogP contribution in [0, 0.1) is 0 Å². The second-order valence-corrected chi connectivity index (χ2v) is 8.03. The largest absolute Gasteiger partial charge is 0.463 e. The van der Waals surface area contributed by atoms with Crippen molar-refractivity contribution in [1.29, 1.82) is 0 Å². The number of hydrogen-bond acceptors (Lipinski definition) is 7. The summed E-state index contributed by atoms with van der Waals surface area (Å²) in [7, 11) is 0. The van der Waals surface area contributed by atoms with Gasteiger partial charge in [-0.1, -0.05) is 35.9 Å². The molecule has 0 bridgehead atoms. The summed E-state index contributed by atoms with van der Waals surface area (Å²) >= 11 is 5.95. The van der Waals surface area contributed by atoms with E-state index >= 15 is 0 Å². The van der Waals surface area contributed by atoms with E-state index in [0.29, 0.717) is 10.6 Å². The number of carbonyl (C=O) groups is 5. The van der Waals surface area contributed by atoms with Crippen LogP contribution in [0.4, 0.5) is 4.79 Å². The first-order valence-corrected chi connectivity index (χ1v) is 11.0. The molecule has 35 heavy (non-hydrogen) atoms. The number of nitrogens with one attached hydrogen (secondary N) is 2. The summed E-state index contributed by atoms with van der Waals surface area (Å²) in [5, 5.41) is 5.60. The minimum absolute atomic E-state index is 0.0165. The predicted molar refractivity (Wildman–Crippen MR) is 122 cm³/mol. The average Bonchev–Trinajstić information content (AvgIpc) is 3.08. The standard InChI is InChI=1S/C24H20ClN3O7/c1-2-34-23(32)19-17(26-24(33)27-20(19)13-7-9-14(25)10-8-13)12-35-18(29)11-28-21(30)15-5-3-4-6-16(15)22(28)31/h3-10,20H,2,11-12H2,1H3,(H2,26,27,33). The van der Waals surface area contributed by atoms with Gasteiger partial charge in [0.05, 0.1) is 35.0 Å². The van der Waals surface area contributed by atoms with Gasteiger partial charge in [-0.15, -0.1) is 0 Å². The minimum atomic E-state index is -0.897. The molecule has 11 heteroatoms. The maximum atomic E-state index is 12.8. The molecule has 10 nitrogen and oxygen atoms in total. The van der Waals surface area contributed by atoms with Gasteiger partial charge < -0.3 is 20.1 Å². The number of amides is 4. The molecular formula is C24H20ClN3O7. The highest BCUT2D eigenvalue weighted by Gasteiger charge is 2.37. The van der Waals surface area contributed by atoms with Crippen molar-refractivity contribution in [3.05, 3.63) is 81.5 Å². The van der Waals surface area contributed by atoms with E-state index in [4.69, 9.17) is 21.1 Å². The highest BCUT2D eigenvalue weighted by Crippen LogP contribution is 2.29. The Balaban J connectivity index is 1.54. The zero-order chi connectivity index (χ0) is 25.1. The first-order chi connectivity index (χ1) is 16.8. The van der Waals surface area contributed by atoms with E-state index in [0.717, 1.165) is 4.90 Å². The molecule has 1 unspecified atom stereocenters. The van der Waals surface area contributed by atoms with Gasteiger partial charge in [-0.25, -0.2) is 9.59 Å². The zero-order valence-electron chi connectivity index (χ0n) is 18.5. The number of esters is 2. The Morgan fingerprint density at radius 3 is 2.20 bits per heavy atom. The zero-order valence-corrected chi connectivity index (χ0v) is 19.3. The molecule has 2 aliphatic heterocycles. The molecule has 0 radical (unpaired) electrons. The van der Waals surface area contributed by atoms with Crippen molar-refractivity contribution in [2.75, 3.05) is 19.8 Å². The van der Waals surface area contributed by atoms with Gasteiger partial charge in [0.25, 0.3) is 11.8 Å². The van der Waals surface area contributed by atoms with Crippen molar-refractivity contribution < 1.29 is 33.4 Å². The quantitative estimate of drug-likeness (QED) is 0.443. The molecule has 0 aliphatic carbocycles. The van der Waals surface area contributed by atoms with Crippen LogP contribution in [0.5, 0.6) is 0 Å². The van der Waals surface area contributed by atoms with Gasteiger partial charge >= 0.3 is 18.0 Å². The Hall–Kier alpha value is -4.18. The molecule has 0 fully saturated rings. The van der Waals surface area contributed by atoms with E-state index < -0.39 is 49.0 Å². The molecule has 0 aromatic heterocycles. The fourth-order valence-electron chi connectivity index (χ4n) is 3.80. The molecule has 0 spiro atoms. The summed E-state index contributed by atoms with van der Waals surface area (Å²) in [6, 6.07) is 11.2. The van der Waals surface area contributed by atoms with Crippen LogP contribution in [0.15, 0.2) is 59.8 Å². The minimum Gasteiger partial charge on any atom is -0.463 e. The molecule has 4 rings (SSSR count). The summed E-state index contributed by atoms with van der Waals surface area (Å²) in [6.45, 7) is 0.595. The van der Waals surface area contributed by atoms with Crippen LogP contribution in [0.1, 0.15) is 39.2 Å². The Morgan fingerprint density at radius 1 is 0.971 bits per heavy atom. The molecule has 1 atom stereocenters. The number of urea groups is 1. The normalized spacial score (nSPS) is 17.0. The molecule has 2 heterocycles. The lowest BCUT2D eigenvalue weighted by atomic mass is 9.95. The van der Waals surface area contributed by atoms with Crippen LogP contribution in [0.2, 0.25) is 5.02 Å². The van der Waals surface area contributed by atoms with Crippen LogP contribution in [-0.4, -0.2) is 54.4 Å². The molecule has 0 saturated heterocycles. The third kappa shape index (κ3) is 4.87. The molecule has 180 valence electrons. The number of benzene rings is 2. The number of hydrogen-bond donors (Lipinski definition) is 2. The first-order valence-electron chi connectivity index (χ1n) is 10.6. The summed E-state index contributed by atoms with van der Waals surface area (Å²) in [5.41, 5.74) is 1.02. The van der Waals surface area contributed by atoms with Gasteiger partial charge in [0.1, 0.15) is 13.2 Å². The second-order valence-electron chi connectivity index (χ2n) is 7.60. The van der Waals surface area contributed by atoms with Gasteiger partial charge in [-0.2, -0.15) is 0 Å². The highest BCUT2D eigenvalue weighted by molar-refractivity contribution is 6.30. The van der Waals surface area contributed by atoms with Crippen LogP contribution in [0.3, 0.4) is 0 Å². The van der Waals surface area contributed by atoms with E-state index in [2.05, 4.69) is 10.6 Å². The Morgan fingerprint density at radius 2 is 1.60 bits per heavy atom. The second kappa shape index (κ2) is 9.98. The molecule has 2 aromatic rings. The van der Waals surface area contributed by atoms with E-state index in [9.17, 15) is 24.0 Å². The van der Waals surface area contributed by atoms with Gasteiger partial charge in [-0.05, 0) is 36.8 Å². The smallest absolute Gasteiger partial charge is 0.338 e. The molecule has 2 aromatic carbocycles. The van der Waals surface area contributed by atoms with Crippen LogP contribution in [-0.2, 0) is 19.1 Å². The average molecular weight is 498 g/mol. The van der Waals surface area contributed by atoms with Crippen molar-refractivity contribution in [2.45, 2.75) is 13.0 Å². The fourth-order valence-corrected chi connectivity index (χ4v) is 3.92. The van der Waals surface area contributed by atoms with Crippen molar-refractivity contribution >= 4 is 41.4 Å². The van der Waals surface area contributed by atoms with Gasteiger partial charge in [-0.3, -0.25) is 19.3 Å². The Kier molecular flexibility index (Phi) is 6.83. The number of carbonyl (C=O) groups excluding carboxylic acids is 5. The number of nitrogens with zero attached hydrogens (tertiary/aromatic N) is 1. The summed E-state index contributed by atoms with van der Waals surface area (Å²) in [4.78, 5) is 63.3. The lowest BCUT2D eigenvalue weighted by Crippen LogP contribution is -2.47. The van der Waals surface area contributed by atoms with Gasteiger partial charge in [0.15, 0.2) is 0 Å². The third-order valence-corrected chi connectivity index (χ3v) is 5.65. The number of halogens is 1. The maximum absolute atomic E-state index is 12.8. The van der Waals surface area contributed by atoms with Crippen molar-refractivity contribution in [3.8, 4) is 0 Å². The van der Waals surface area contributed by atoms with Crippen LogP contribution in [0.25, 0.3) is 0 Å². The monoisotopic (exact) mass is 497 g/mol. The number of fused-ring (bicyclic) bond motifs is 1. The van der Waals surface area contributed by atoms with Crippen LogP contribution < -0.4 is 10.6 Å². The van der Waals surface area contributed by atoms with Crippen molar-refractivity contribution in [3.63, 3.8) is 0 Å². The van der Waals surface area contributed by atoms with E-state index in [-0.39, 0.29) is 29.0 Å².